The van der Waals surface area contributed by atoms with E-state index in [1.807, 2.05) is 6.07 Å². The van der Waals surface area contributed by atoms with Crippen molar-refractivity contribution in [3.05, 3.63) is 91.9 Å². The van der Waals surface area contributed by atoms with Gasteiger partial charge in [0.05, 0.1) is 21.2 Å². The summed E-state index contributed by atoms with van der Waals surface area (Å²) in [5, 5.41) is 3.44. The average molecular weight is 645 g/mol. The second kappa shape index (κ2) is 12.0. The van der Waals surface area contributed by atoms with Gasteiger partial charge in [-0.1, -0.05) is 57.3 Å². The van der Waals surface area contributed by atoms with Crippen LogP contribution in [0.3, 0.4) is 0 Å². The minimum atomic E-state index is -0.720. The van der Waals surface area contributed by atoms with Crippen molar-refractivity contribution in [2.75, 3.05) is 19.6 Å². The molecule has 3 aromatic rings. The van der Waals surface area contributed by atoms with Crippen molar-refractivity contribution in [2.45, 2.75) is 19.4 Å². The summed E-state index contributed by atoms with van der Waals surface area (Å²) >= 11 is 15.5. The number of nitrogens with zero attached hydrogens (tertiary/aromatic N) is 2. The van der Waals surface area contributed by atoms with Crippen LogP contribution in [0.15, 0.2) is 65.1 Å². The fourth-order valence-electron chi connectivity index (χ4n) is 4.81. The summed E-state index contributed by atoms with van der Waals surface area (Å²) in [4.78, 5) is 53.7. The van der Waals surface area contributed by atoms with E-state index in [0.29, 0.717) is 70.7 Å². The molecule has 0 aromatic heterocycles. The van der Waals surface area contributed by atoms with E-state index in [1.165, 1.54) is 9.80 Å². The molecule has 5 rings (SSSR count). The third kappa shape index (κ3) is 6.01. The van der Waals surface area contributed by atoms with Crippen LogP contribution in [0, 0.1) is 5.92 Å². The van der Waals surface area contributed by atoms with Crippen molar-refractivity contribution < 1.29 is 23.9 Å². The Balaban J connectivity index is 1.14. The van der Waals surface area contributed by atoms with E-state index in [4.69, 9.17) is 27.9 Å². The first-order valence-electron chi connectivity index (χ1n) is 12.6. The van der Waals surface area contributed by atoms with E-state index < -0.39 is 11.8 Å². The Labute approximate surface area is 249 Å². The van der Waals surface area contributed by atoms with Crippen LogP contribution in [0.4, 0.5) is 0 Å². The van der Waals surface area contributed by atoms with Crippen molar-refractivity contribution >= 4 is 62.8 Å². The van der Waals surface area contributed by atoms with E-state index in [0.717, 1.165) is 4.47 Å². The molecule has 4 amide bonds. The molecule has 1 N–H and O–H groups in total. The lowest BCUT2D eigenvalue weighted by molar-refractivity contribution is -0.146. The summed E-state index contributed by atoms with van der Waals surface area (Å²) in [5.74, 6) is -0.902. The molecule has 1 saturated heterocycles. The van der Waals surface area contributed by atoms with Crippen LogP contribution in [0.2, 0.25) is 10.0 Å². The van der Waals surface area contributed by atoms with Crippen LogP contribution in [0.5, 0.6) is 11.5 Å². The maximum Gasteiger partial charge on any atom is 0.311 e. The minimum Gasteiger partial charge on any atom is -0.457 e. The van der Waals surface area contributed by atoms with E-state index >= 15 is 0 Å². The third-order valence-corrected chi connectivity index (χ3v) is 8.23. The van der Waals surface area contributed by atoms with Gasteiger partial charge in [0.25, 0.3) is 11.8 Å². The molecule has 3 aromatic carbocycles. The van der Waals surface area contributed by atoms with Crippen molar-refractivity contribution in [3.8, 4) is 11.5 Å². The lowest BCUT2D eigenvalue weighted by atomic mass is 9.96. The van der Waals surface area contributed by atoms with Crippen LogP contribution in [0.1, 0.15) is 39.1 Å². The SMILES string of the molecule is O=C(NCc1ccc(Br)cc1Oc1ccc(Cl)c(Cl)c1)C(=O)N1CCC(CN2C(=O)c3ccccc3C2=O)CC1. The number of likely N-dealkylation sites (tertiary alicyclic amines) is 1. The van der Waals surface area contributed by atoms with Crippen molar-refractivity contribution in [1.82, 2.24) is 15.1 Å². The maximum atomic E-state index is 12.9. The summed E-state index contributed by atoms with van der Waals surface area (Å²) in [7, 11) is 0. The first-order chi connectivity index (χ1) is 19.2. The molecule has 2 heterocycles. The van der Waals surface area contributed by atoms with Crippen molar-refractivity contribution in [2.24, 2.45) is 5.92 Å². The van der Waals surface area contributed by atoms with E-state index in [1.54, 1.807) is 54.6 Å². The van der Waals surface area contributed by atoms with Gasteiger partial charge in [-0.25, -0.2) is 0 Å². The summed E-state index contributed by atoms with van der Waals surface area (Å²) in [6.45, 7) is 1.10. The van der Waals surface area contributed by atoms with Gasteiger partial charge in [0, 0.05) is 42.3 Å². The molecule has 40 heavy (non-hydrogen) atoms. The van der Waals surface area contributed by atoms with E-state index in [2.05, 4.69) is 21.2 Å². The Morgan fingerprint density at radius 1 is 0.925 bits per heavy atom. The van der Waals surface area contributed by atoms with Gasteiger partial charge in [-0.05, 0) is 55.2 Å². The fourth-order valence-corrected chi connectivity index (χ4v) is 5.44. The Kier molecular flexibility index (Phi) is 8.44. The highest BCUT2D eigenvalue weighted by molar-refractivity contribution is 9.10. The summed E-state index contributed by atoms with van der Waals surface area (Å²) in [6, 6.07) is 17.0. The Bertz CT molecular complexity index is 1470. The van der Waals surface area contributed by atoms with Gasteiger partial charge in [0.1, 0.15) is 11.5 Å². The summed E-state index contributed by atoms with van der Waals surface area (Å²) in [6.07, 6.45) is 1.17. The van der Waals surface area contributed by atoms with Gasteiger partial charge in [0.2, 0.25) is 0 Å². The number of imide groups is 1. The Morgan fingerprint density at radius 3 is 2.25 bits per heavy atom. The normalized spacial score (nSPS) is 15.3. The zero-order valence-corrected chi connectivity index (χ0v) is 24.3. The van der Waals surface area contributed by atoms with Crippen LogP contribution in [-0.2, 0) is 16.1 Å². The molecule has 2 aliphatic rings. The molecule has 0 saturated carbocycles. The second-order valence-electron chi connectivity index (χ2n) is 9.61. The number of halogens is 3. The highest BCUT2D eigenvalue weighted by Gasteiger charge is 2.37. The number of carbonyl (C=O) groups excluding carboxylic acids is 4. The summed E-state index contributed by atoms with van der Waals surface area (Å²) in [5.41, 5.74) is 1.51. The molecule has 0 bridgehead atoms. The van der Waals surface area contributed by atoms with Gasteiger partial charge in [-0.3, -0.25) is 24.1 Å². The first-order valence-corrected chi connectivity index (χ1v) is 14.2. The number of rotatable bonds is 6. The zero-order chi connectivity index (χ0) is 28.4. The maximum absolute atomic E-state index is 12.9. The highest BCUT2D eigenvalue weighted by atomic mass is 79.9. The van der Waals surface area contributed by atoms with Gasteiger partial charge < -0.3 is 15.0 Å². The van der Waals surface area contributed by atoms with Crippen LogP contribution < -0.4 is 10.1 Å². The standard InChI is InChI=1S/C29H24BrCl2N3O5/c30-19-6-5-18(25(13-19)40-20-7-8-23(31)24(32)14-20)15-33-26(36)29(39)34-11-9-17(10-12-34)16-35-27(37)21-3-1-2-4-22(21)28(35)38/h1-8,13-14,17H,9-12,15-16H2,(H,33,36). The number of ether oxygens (including phenoxy) is 1. The monoisotopic (exact) mass is 643 g/mol. The molecule has 206 valence electrons. The predicted molar refractivity (Wildman–Crippen MR) is 154 cm³/mol. The Hall–Kier alpha value is -3.40. The first kappa shape index (κ1) is 28.1. The number of nitrogens with one attached hydrogen (secondary N) is 1. The minimum absolute atomic E-state index is 0.0539. The van der Waals surface area contributed by atoms with E-state index in [9.17, 15) is 19.2 Å². The van der Waals surface area contributed by atoms with Gasteiger partial charge in [-0.15, -0.1) is 0 Å². The molecule has 11 heteroatoms. The van der Waals surface area contributed by atoms with Crippen LogP contribution in [0.25, 0.3) is 0 Å². The molecule has 0 spiro atoms. The highest BCUT2D eigenvalue weighted by Crippen LogP contribution is 2.33. The van der Waals surface area contributed by atoms with Crippen LogP contribution >= 0.6 is 39.1 Å². The average Bonchev–Trinajstić information content (AvgIpc) is 3.19. The predicted octanol–water partition coefficient (Wildman–Crippen LogP) is 5.70. The van der Waals surface area contributed by atoms with Crippen LogP contribution in [-0.4, -0.2) is 53.1 Å². The third-order valence-electron chi connectivity index (χ3n) is 7.00. The number of benzene rings is 3. The molecule has 0 radical (unpaired) electrons. The van der Waals surface area contributed by atoms with Gasteiger partial charge in [-0.2, -0.15) is 0 Å². The van der Waals surface area contributed by atoms with Gasteiger partial charge in [0.15, 0.2) is 0 Å². The van der Waals surface area contributed by atoms with E-state index in [-0.39, 0.29) is 24.3 Å². The number of carbonyl (C=O) groups is 4. The van der Waals surface area contributed by atoms with Crippen molar-refractivity contribution in [1.29, 1.82) is 0 Å². The van der Waals surface area contributed by atoms with Crippen molar-refractivity contribution in [3.63, 3.8) is 0 Å². The molecule has 0 atom stereocenters. The fraction of sp³-hybridized carbons (Fsp3) is 0.241. The quantitative estimate of drug-likeness (QED) is 0.274. The number of piperidine rings is 1. The molecule has 8 nitrogen and oxygen atoms in total. The zero-order valence-electron chi connectivity index (χ0n) is 21.2. The lowest BCUT2D eigenvalue weighted by Crippen LogP contribution is -2.47. The molecule has 1 fully saturated rings. The molecular weight excluding hydrogens is 621 g/mol. The largest absolute Gasteiger partial charge is 0.457 e. The molecule has 0 unspecified atom stereocenters. The smallest absolute Gasteiger partial charge is 0.311 e. The number of hydrogen-bond acceptors (Lipinski definition) is 5. The number of fused-ring (bicyclic) bond motifs is 1. The summed E-state index contributed by atoms with van der Waals surface area (Å²) < 4.78 is 6.74. The Morgan fingerprint density at radius 2 is 1.60 bits per heavy atom. The second-order valence-corrected chi connectivity index (χ2v) is 11.3. The lowest BCUT2D eigenvalue weighted by Gasteiger charge is -2.33. The number of amides is 4. The molecule has 2 aliphatic heterocycles. The number of hydrogen-bond donors (Lipinski definition) is 1. The topological polar surface area (TPSA) is 96.0 Å². The van der Waals surface area contributed by atoms with Gasteiger partial charge >= 0.3 is 11.8 Å². The molecule has 0 aliphatic carbocycles. The molecular formula is C29H24BrCl2N3O5.